The van der Waals surface area contributed by atoms with Crippen molar-refractivity contribution in [3.63, 3.8) is 0 Å². The van der Waals surface area contributed by atoms with Gasteiger partial charge in [0.15, 0.2) is 5.03 Å². The van der Waals surface area contributed by atoms with Crippen LogP contribution in [0.1, 0.15) is 31.7 Å². The smallest absolute Gasteiger partial charge is 0.258 e. The van der Waals surface area contributed by atoms with Crippen molar-refractivity contribution >= 4 is 10.0 Å². The lowest BCUT2D eigenvalue weighted by Crippen LogP contribution is -2.33. The van der Waals surface area contributed by atoms with Crippen LogP contribution in [0.2, 0.25) is 0 Å². The van der Waals surface area contributed by atoms with Gasteiger partial charge in [0.05, 0.1) is 6.61 Å². The molecule has 5 nitrogen and oxygen atoms in total. The summed E-state index contributed by atoms with van der Waals surface area (Å²) in [5, 5.41) is 8.90. The van der Waals surface area contributed by atoms with Gasteiger partial charge in [-0.05, 0) is 36.8 Å². The van der Waals surface area contributed by atoms with Crippen molar-refractivity contribution < 1.29 is 13.5 Å². The maximum absolute atomic E-state index is 12.1. The molecule has 1 aliphatic carbocycles. The summed E-state index contributed by atoms with van der Waals surface area (Å²) in [7, 11) is -3.53. The van der Waals surface area contributed by atoms with E-state index in [0.29, 0.717) is 11.5 Å². The van der Waals surface area contributed by atoms with E-state index in [2.05, 4.69) is 16.6 Å². The predicted octanol–water partition coefficient (Wildman–Crippen LogP) is 1.04. The average molecular weight is 270 g/mol. The lowest BCUT2D eigenvalue weighted by molar-refractivity contribution is 0.281. The lowest BCUT2D eigenvalue weighted by Gasteiger charge is -2.12. The lowest BCUT2D eigenvalue weighted by atomic mass is 10.1. The fourth-order valence-corrected chi connectivity index (χ4v) is 3.47. The Labute approximate surface area is 107 Å². The Balaban J connectivity index is 2.10. The molecule has 0 amide bonds. The van der Waals surface area contributed by atoms with Gasteiger partial charge in [0.2, 0.25) is 0 Å². The molecule has 6 heteroatoms. The highest BCUT2D eigenvalue weighted by molar-refractivity contribution is 7.89. The van der Waals surface area contributed by atoms with Gasteiger partial charge in [-0.25, -0.2) is 18.1 Å². The first-order valence-corrected chi connectivity index (χ1v) is 7.57. The van der Waals surface area contributed by atoms with Crippen molar-refractivity contribution in [2.75, 3.05) is 0 Å². The van der Waals surface area contributed by atoms with Gasteiger partial charge < -0.3 is 5.11 Å². The van der Waals surface area contributed by atoms with E-state index in [-0.39, 0.29) is 17.7 Å². The fourth-order valence-electron chi connectivity index (χ4n) is 2.26. The molecular weight excluding hydrogens is 252 g/mol. The molecule has 2 unspecified atom stereocenters. The number of pyridine rings is 1. The first kappa shape index (κ1) is 13.5. The van der Waals surface area contributed by atoms with Gasteiger partial charge in [0.25, 0.3) is 10.0 Å². The minimum atomic E-state index is -3.53. The number of nitrogens with one attached hydrogen (secondary N) is 1. The SMILES string of the molecule is CC1CCC(NS(=O)(=O)c2ccc(CO)cn2)C1. The van der Waals surface area contributed by atoms with Gasteiger partial charge in [0.1, 0.15) is 0 Å². The summed E-state index contributed by atoms with van der Waals surface area (Å²) in [5.74, 6) is 0.572. The Morgan fingerprint density at radius 3 is 2.72 bits per heavy atom. The first-order chi connectivity index (χ1) is 8.51. The molecule has 0 bridgehead atoms. The van der Waals surface area contributed by atoms with E-state index in [4.69, 9.17) is 5.11 Å². The summed E-state index contributed by atoms with van der Waals surface area (Å²) in [6.07, 6.45) is 4.21. The Morgan fingerprint density at radius 2 is 2.22 bits per heavy atom. The molecule has 2 N–H and O–H groups in total. The summed E-state index contributed by atoms with van der Waals surface area (Å²) < 4.78 is 26.8. The molecule has 1 aromatic rings. The zero-order chi connectivity index (χ0) is 13.2. The van der Waals surface area contributed by atoms with Gasteiger partial charge in [-0.1, -0.05) is 13.0 Å². The number of aliphatic hydroxyl groups is 1. The summed E-state index contributed by atoms with van der Waals surface area (Å²) in [5.41, 5.74) is 0.600. The third kappa shape index (κ3) is 3.07. The molecule has 0 aromatic carbocycles. The van der Waals surface area contributed by atoms with Crippen molar-refractivity contribution in [2.24, 2.45) is 5.92 Å². The number of aliphatic hydroxyl groups excluding tert-OH is 1. The highest BCUT2D eigenvalue weighted by Crippen LogP contribution is 2.25. The van der Waals surface area contributed by atoms with E-state index in [9.17, 15) is 8.42 Å². The zero-order valence-electron chi connectivity index (χ0n) is 10.3. The third-order valence-electron chi connectivity index (χ3n) is 3.27. The maximum atomic E-state index is 12.1. The number of nitrogens with zero attached hydrogens (tertiary/aromatic N) is 1. The minimum absolute atomic E-state index is 0.0132. The highest BCUT2D eigenvalue weighted by Gasteiger charge is 2.26. The second kappa shape index (κ2) is 5.34. The van der Waals surface area contributed by atoms with Gasteiger partial charge >= 0.3 is 0 Å². The number of sulfonamides is 1. The molecule has 0 spiro atoms. The first-order valence-electron chi connectivity index (χ1n) is 6.09. The van der Waals surface area contributed by atoms with Crippen LogP contribution < -0.4 is 4.72 Å². The average Bonchev–Trinajstić information content (AvgIpc) is 2.74. The van der Waals surface area contributed by atoms with Crippen LogP contribution in [0.5, 0.6) is 0 Å². The van der Waals surface area contributed by atoms with Crippen molar-refractivity contribution in [2.45, 2.75) is 43.9 Å². The van der Waals surface area contributed by atoms with Crippen molar-refractivity contribution in [3.8, 4) is 0 Å². The predicted molar refractivity (Wildman–Crippen MR) is 67.3 cm³/mol. The number of hydrogen-bond donors (Lipinski definition) is 2. The summed E-state index contributed by atoms with van der Waals surface area (Å²) in [6.45, 7) is 1.99. The number of aromatic nitrogens is 1. The second-order valence-corrected chi connectivity index (χ2v) is 6.56. The molecule has 100 valence electrons. The minimum Gasteiger partial charge on any atom is -0.392 e. The van der Waals surface area contributed by atoms with Crippen molar-refractivity contribution in [1.82, 2.24) is 9.71 Å². The second-order valence-electron chi connectivity index (χ2n) is 4.90. The molecule has 1 aromatic heterocycles. The van der Waals surface area contributed by atoms with E-state index in [1.54, 1.807) is 6.07 Å². The molecule has 0 aliphatic heterocycles. The monoisotopic (exact) mass is 270 g/mol. The van der Waals surface area contributed by atoms with E-state index in [1.807, 2.05) is 0 Å². The van der Waals surface area contributed by atoms with E-state index in [1.165, 1.54) is 12.3 Å². The molecule has 1 fully saturated rings. The Hall–Kier alpha value is -0.980. The molecule has 2 rings (SSSR count). The van der Waals surface area contributed by atoms with Crippen LogP contribution in [0.15, 0.2) is 23.4 Å². The van der Waals surface area contributed by atoms with Gasteiger partial charge in [-0.2, -0.15) is 0 Å². The Kier molecular flexibility index (Phi) is 3.99. The third-order valence-corrected chi connectivity index (χ3v) is 4.71. The molecule has 18 heavy (non-hydrogen) atoms. The standard InChI is InChI=1S/C12H18N2O3S/c1-9-2-4-11(6-9)14-18(16,17)12-5-3-10(8-15)7-13-12/h3,5,7,9,11,14-15H,2,4,6,8H2,1H3. The Morgan fingerprint density at radius 1 is 1.44 bits per heavy atom. The van der Waals surface area contributed by atoms with Gasteiger partial charge in [0, 0.05) is 12.2 Å². The highest BCUT2D eigenvalue weighted by atomic mass is 32.2. The summed E-state index contributed by atoms with van der Waals surface area (Å²) in [4.78, 5) is 3.87. The van der Waals surface area contributed by atoms with Gasteiger partial charge in [-0.3, -0.25) is 0 Å². The number of hydrogen-bond acceptors (Lipinski definition) is 4. The molecule has 2 atom stereocenters. The van der Waals surface area contributed by atoms with Crippen LogP contribution in [0.3, 0.4) is 0 Å². The summed E-state index contributed by atoms with van der Waals surface area (Å²) >= 11 is 0. The molecule has 1 saturated carbocycles. The van der Waals surface area contributed by atoms with Crippen molar-refractivity contribution in [3.05, 3.63) is 23.9 Å². The van der Waals surface area contributed by atoms with Crippen LogP contribution in [0.25, 0.3) is 0 Å². The molecule has 1 heterocycles. The van der Waals surface area contributed by atoms with E-state index >= 15 is 0 Å². The van der Waals surface area contributed by atoms with Gasteiger partial charge in [-0.15, -0.1) is 0 Å². The van der Waals surface area contributed by atoms with Crippen LogP contribution in [-0.4, -0.2) is 24.6 Å². The molecule has 1 aliphatic rings. The zero-order valence-corrected chi connectivity index (χ0v) is 11.2. The van der Waals surface area contributed by atoms with Crippen LogP contribution in [0.4, 0.5) is 0 Å². The molecular formula is C12H18N2O3S. The quantitative estimate of drug-likeness (QED) is 0.857. The normalized spacial score (nSPS) is 24.3. The van der Waals surface area contributed by atoms with Crippen LogP contribution >= 0.6 is 0 Å². The van der Waals surface area contributed by atoms with Crippen LogP contribution in [0, 0.1) is 5.92 Å². The van der Waals surface area contributed by atoms with Crippen molar-refractivity contribution in [1.29, 1.82) is 0 Å². The van der Waals surface area contributed by atoms with Crippen LogP contribution in [-0.2, 0) is 16.6 Å². The fraction of sp³-hybridized carbons (Fsp3) is 0.583. The van der Waals surface area contributed by atoms with E-state index in [0.717, 1.165) is 19.3 Å². The maximum Gasteiger partial charge on any atom is 0.258 e. The Bertz CT molecular complexity index is 499. The summed E-state index contributed by atoms with van der Waals surface area (Å²) in [6, 6.07) is 3.01. The number of rotatable bonds is 4. The largest absolute Gasteiger partial charge is 0.392 e. The molecule has 0 radical (unpaired) electrons. The van der Waals surface area contributed by atoms with E-state index < -0.39 is 10.0 Å². The topological polar surface area (TPSA) is 79.3 Å². The molecule has 0 saturated heterocycles.